The molecule has 0 saturated carbocycles. The molecular weight excluding hydrogens is 210 g/mol. The van der Waals surface area contributed by atoms with Crippen molar-refractivity contribution in [2.75, 3.05) is 25.6 Å². The molecule has 0 radical (unpaired) electrons. The van der Waals surface area contributed by atoms with Crippen LogP contribution in [0.2, 0.25) is 0 Å². The monoisotopic (exact) mass is 225 g/mol. The SMILES string of the molecule is CCc1nc(NCCOC)cc(C(=O)O)n1. The molecule has 0 fully saturated rings. The van der Waals surface area contributed by atoms with E-state index >= 15 is 0 Å². The molecule has 6 nitrogen and oxygen atoms in total. The lowest BCUT2D eigenvalue weighted by atomic mass is 10.3. The second-order valence-electron chi connectivity index (χ2n) is 3.13. The summed E-state index contributed by atoms with van der Waals surface area (Å²) in [7, 11) is 1.60. The Morgan fingerprint density at radius 1 is 1.56 bits per heavy atom. The van der Waals surface area contributed by atoms with Gasteiger partial charge in [0, 0.05) is 26.1 Å². The normalized spacial score (nSPS) is 10.1. The van der Waals surface area contributed by atoms with Crippen molar-refractivity contribution in [3.63, 3.8) is 0 Å². The molecule has 0 unspecified atom stereocenters. The molecule has 0 aromatic carbocycles. The molecule has 2 N–H and O–H groups in total. The quantitative estimate of drug-likeness (QED) is 0.696. The molecule has 0 bridgehead atoms. The molecule has 0 saturated heterocycles. The molecule has 0 amide bonds. The number of hydrogen-bond acceptors (Lipinski definition) is 5. The van der Waals surface area contributed by atoms with Crippen molar-refractivity contribution in [3.8, 4) is 0 Å². The topological polar surface area (TPSA) is 84.3 Å². The number of aromatic nitrogens is 2. The smallest absolute Gasteiger partial charge is 0.354 e. The van der Waals surface area contributed by atoms with Crippen molar-refractivity contribution >= 4 is 11.8 Å². The van der Waals surface area contributed by atoms with Crippen LogP contribution >= 0.6 is 0 Å². The van der Waals surface area contributed by atoms with Crippen molar-refractivity contribution in [1.82, 2.24) is 9.97 Å². The van der Waals surface area contributed by atoms with Crippen LogP contribution in [0.3, 0.4) is 0 Å². The van der Waals surface area contributed by atoms with Gasteiger partial charge in [-0.15, -0.1) is 0 Å². The Hall–Kier alpha value is -1.69. The lowest BCUT2D eigenvalue weighted by Gasteiger charge is -2.07. The molecule has 0 aliphatic carbocycles. The van der Waals surface area contributed by atoms with Crippen LogP contribution in [0.15, 0.2) is 6.07 Å². The standard InChI is InChI=1S/C10H15N3O3/c1-3-8-12-7(10(14)15)6-9(13-8)11-4-5-16-2/h6H,3-5H2,1-2H3,(H,14,15)(H,11,12,13). The van der Waals surface area contributed by atoms with Gasteiger partial charge in [-0.1, -0.05) is 6.92 Å². The van der Waals surface area contributed by atoms with Gasteiger partial charge in [0.2, 0.25) is 0 Å². The molecule has 88 valence electrons. The molecule has 0 spiro atoms. The first-order valence-corrected chi connectivity index (χ1v) is 5.01. The summed E-state index contributed by atoms with van der Waals surface area (Å²) < 4.78 is 4.88. The largest absolute Gasteiger partial charge is 0.477 e. The van der Waals surface area contributed by atoms with E-state index in [9.17, 15) is 4.79 Å². The van der Waals surface area contributed by atoms with Gasteiger partial charge in [-0.2, -0.15) is 0 Å². The zero-order valence-electron chi connectivity index (χ0n) is 9.36. The van der Waals surface area contributed by atoms with Crippen LogP contribution in [-0.2, 0) is 11.2 Å². The summed E-state index contributed by atoms with van der Waals surface area (Å²) in [6, 6.07) is 1.41. The van der Waals surface area contributed by atoms with Gasteiger partial charge >= 0.3 is 5.97 Å². The van der Waals surface area contributed by atoms with Gasteiger partial charge in [-0.05, 0) is 0 Å². The third-order valence-electron chi connectivity index (χ3n) is 1.92. The number of nitrogens with zero attached hydrogens (tertiary/aromatic N) is 2. The van der Waals surface area contributed by atoms with Crippen LogP contribution in [0.5, 0.6) is 0 Å². The average molecular weight is 225 g/mol. The summed E-state index contributed by atoms with van der Waals surface area (Å²) in [6.45, 7) is 2.99. The minimum atomic E-state index is -1.05. The minimum Gasteiger partial charge on any atom is -0.477 e. The second kappa shape index (κ2) is 6.02. The van der Waals surface area contributed by atoms with Crippen molar-refractivity contribution < 1.29 is 14.6 Å². The first-order chi connectivity index (χ1) is 7.67. The van der Waals surface area contributed by atoms with E-state index in [2.05, 4.69) is 15.3 Å². The zero-order valence-corrected chi connectivity index (χ0v) is 9.36. The predicted octanol–water partition coefficient (Wildman–Crippen LogP) is 0.795. The van der Waals surface area contributed by atoms with Crippen molar-refractivity contribution in [1.29, 1.82) is 0 Å². The maximum atomic E-state index is 10.8. The first-order valence-electron chi connectivity index (χ1n) is 5.01. The Bertz CT molecular complexity index is 368. The molecule has 6 heteroatoms. The van der Waals surface area contributed by atoms with E-state index in [0.29, 0.717) is 31.2 Å². The van der Waals surface area contributed by atoms with Gasteiger partial charge in [0.25, 0.3) is 0 Å². The van der Waals surface area contributed by atoms with Crippen molar-refractivity contribution in [2.24, 2.45) is 0 Å². The summed E-state index contributed by atoms with van der Waals surface area (Å²) in [6.07, 6.45) is 0.597. The fourth-order valence-electron chi connectivity index (χ4n) is 1.14. The average Bonchev–Trinajstić information content (AvgIpc) is 2.29. The Labute approximate surface area is 93.7 Å². The summed E-state index contributed by atoms with van der Waals surface area (Å²) in [5, 5.41) is 11.8. The number of aromatic carboxylic acids is 1. The van der Waals surface area contributed by atoms with E-state index in [4.69, 9.17) is 9.84 Å². The summed E-state index contributed by atoms with van der Waals surface area (Å²) in [5.74, 6) is -0.0204. The molecule has 0 aliphatic rings. The van der Waals surface area contributed by atoms with E-state index in [1.165, 1.54) is 6.07 Å². The number of carboxylic acids is 1. The second-order valence-corrected chi connectivity index (χ2v) is 3.13. The number of carboxylic acid groups (broad SMARTS) is 1. The zero-order chi connectivity index (χ0) is 12.0. The summed E-state index contributed by atoms with van der Waals surface area (Å²) >= 11 is 0. The van der Waals surface area contributed by atoms with Crippen LogP contribution in [0, 0.1) is 0 Å². The van der Waals surface area contributed by atoms with Crippen LogP contribution in [-0.4, -0.2) is 41.3 Å². The predicted molar refractivity (Wildman–Crippen MR) is 58.7 cm³/mol. The Balaban J connectivity index is 2.82. The van der Waals surface area contributed by atoms with Crippen LogP contribution in [0.25, 0.3) is 0 Å². The molecule has 1 rings (SSSR count). The highest BCUT2D eigenvalue weighted by molar-refractivity contribution is 5.86. The van der Waals surface area contributed by atoms with E-state index in [0.717, 1.165) is 0 Å². The van der Waals surface area contributed by atoms with Gasteiger partial charge < -0.3 is 15.2 Å². The third-order valence-corrected chi connectivity index (χ3v) is 1.92. The first kappa shape index (κ1) is 12.4. The molecule has 1 heterocycles. The van der Waals surface area contributed by atoms with E-state index < -0.39 is 5.97 Å². The molecule has 16 heavy (non-hydrogen) atoms. The lowest BCUT2D eigenvalue weighted by Crippen LogP contribution is -2.12. The molecule has 1 aromatic heterocycles. The summed E-state index contributed by atoms with van der Waals surface area (Å²) in [5.41, 5.74) is 0.00627. The number of nitrogens with one attached hydrogen (secondary N) is 1. The molecule has 1 aromatic rings. The fraction of sp³-hybridized carbons (Fsp3) is 0.500. The number of methoxy groups -OCH3 is 1. The Kier molecular flexibility index (Phi) is 4.65. The lowest BCUT2D eigenvalue weighted by molar-refractivity contribution is 0.0690. The Morgan fingerprint density at radius 3 is 2.88 bits per heavy atom. The number of hydrogen-bond donors (Lipinski definition) is 2. The van der Waals surface area contributed by atoms with Gasteiger partial charge in [-0.25, -0.2) is 14.8 Å². The number of anilines is 1. The highest BCUT2D eigenvalue weighted by Gasteiger charge is 2.09. The van der Waals surface area contributed by atoms with E-state index in [1.54, 1.807) is 7.11 Å². The molecular formula is C10H15N3O3. The number of ether oxygens (including phenoxy) is 1. The number of carbonyl (C=O) groups is 1. The maximum Gasteiger partial charge on any atom is 0.354 e. The number of aryl methyl sites for hydroxylation is 1. The van der Waals surface area contributed by atoms with Crippen LogP contribution in [0.1, 0.15) is 23.2 Å². The highest BCUT2D eigenvalue weighted by Crippen LogP contribution is 2.07. The number of rotatable bonds is 6. The van der Waals surface area contributed by atoms with Crippen molar-refractivity contribution in [2.45, 2.75) is 13.3 Å². The van der Waals surface area contributed by atoms with Gasteiger partial charge in [0.05, 0.1) is 6.61 Å². The fourth-order valence-corrected chi connectivity index (χ4v) is 1.14. The van der Waals surface area contributed by atoms with Crippen LogP contribution in [0.4, 0.5) is 5.82 Å². The Morgan fingerprint density at radius 2 is 2.31 bits per heavy atom. The maximum absolute atomic E-state index is 10.8. The molecule has 0 aliphatic heterocycles. The molecule has 0 atom stereocenters. The highest BCUT2D eigenvalue weighted by atomic mass is 16.5. The summed E-state index contributed by atoms with van der Waals surface area (Å²) in [4.78, 5) is 18.9. The van der Waals surface area contributed by atoms with Gasteiger partial charge in [0.15, 0.2) is 5.69 Å². The van der Waals surface area contributed by atoms with Crippen LogP contribution < -0.4 is 5.32 Å². The minimum absolute atomic E-state index is 0.00627. The van der Waals surface area contributed by atoms with E-state index in [-0.39, 0.29) is 5.69 Å². The van der Waals surface area contributed by atoms with E-state index in [1.807, 2.05) is 6.92 Å². The van der Waals surface area contributed by atoms with Crippen molar-refractivity contribution in [3.05, 3.63) is 17.6 Å². The van der Waals surface area contributed by atoms with Gasteiger partial charge in [0.1, 0.15) is 11.6 Å². The third kappa shape index (κ3) is 3.47. The van der Waals surface area contributed by atoms with Gasteiger partial charge in [-0.3, -0.25) is 0 Å².